The molecule has 0 aromatic carbocycles. The lowest BCUT2D eigenvalue weighted by Gasteiger charge is -2.24. The van der Waals surface area contributed by atoms with Crippen molar-refractivity contribution in [3.8, 4) is 11.3 Å². The number of nitrogens with one attached hydrogen (secondary N) is 1. The second kappa shape index (κ2) is 6.59. The van der Waals surface area contributed by atoms with E-state index in [1.807, 2.05) is 27.0 Å². The number of hydrogen-bond donors (Lipinski definition) is 1. The van der Waals surface area contributed by atoms with Gasteiger partial charge in [0.1, 0.15) is 5.60 Å². The molecule has 128 valence electrons. The van der Waals surface area contributed by atoms with Gasteiger partial charge in [0.05, 0.1) is 17.6 Å². The van der Waals surface area contributed by atoms with Gasteiger partial charge in [0, 0.05) is 37.2 Å². The van der Waals surface area contributed by atoms with E-state index in [2.05, 4.69) is 20.2 Å². The third kappa shape index (κ3) is 3.90. The van der Waals surface area contributed by atoms with E-state index < -0.39 is 5.60 Å². The predicted molar refractivity (Wildman–Crippen MR) is 89.2 cm³/mol. The van der Waals surface area contributed by atoms with Crippen LogP contribution in [-0.2, 0) is 11.2 Å². The molecule has 1 saturated heterocycles. The molecule has 3 rings (SSSR count). The molecule has 0 radical (unpaired) electrons. The summed E-state index contributed by atoms with van der Waals surface area (Å²) in [6.45, 7) is 7.07. The second-order valence-electron chi connectivity index (χ2n) is 7.12. The summed E-state index contributed by atoms with van der Waals surface area (Å²) in [6.07, 6.45) is 8.45. The lowest BCUT2D eigenvalue weighted by atomic mass is 10.00. The van der Waals surface area contributed by atoms with Gasteiger partial charge in [0.15, 0.2) is 0 Å². The molecule has 1 atom stereocenters. The van der Waals surface area contributed by atoms with Crippen LogP contribution in [0.15, 0.2) is 24.8 Å². The molecule has 3 heterocycles. The van der Waals surface area contributed by atoms with Crippen molar-refractivity contribution in [2.45, 2.75) is 39.2 Å². The highest BCUT2D eigenvalue weighted by Gasteiger charge is 2.30. The van der Waals surface area contributed by atoms with Crippen molar-refractivity contribution >= 4 is 6.09 Å². The van der Waals surface area contributed by atoms with E-state index in [9.17, 15) is 4.79 Å². The smallest absolute Gasteiger partial charge is 0.410 e. The van der Waals surface area contributed by atoms with Crippen molar-refractivity contribution in [3.63, 3.8) is 0 Å². The Morgan fingerprint density at radius 2 is 2.17 bits per heavy atom. The Bertz CT molecular complexity index is 693. The molecule has 0 aliphatic carbocycles. The van der Waals surface area contributed by atoms with Gasteiger partial charge in [-0.15, -0.1) is 0 Å². The van der Waals surface area contributed by atoms with Crippen molar-refractivity contribution in [2.24, 2.45) is 5.92 Å². The lowest BCUT2D eigenvalue weighted by molar-refractivity contribution is 0.0288. The summed E-state index contributed by atoms with van der Waals surface area (Å²) in [7, 11) is 0. The summed E-state index contributed by atoms with van der Waals surface area (Å²) in [4.78, 5) is 22.9. The average molecular weight is 329 g/mol. The molecule has 2 aromatic rings. The monoisotopic (exact) mass is 329 g/mol. The maximum atomic E-state index is 12.2. The first kappa shape index (κ1) is 16.4. The summed E-state index contributed by atoms with van der Waals surface area (Å²) >= 11 is 0. The van der Waals surface area contributed by atoms with Crippen molar-refractivity contribution in [2.75, 3.05) is 13.1 Å². The van der Waals surface area contributed by atoms with Gasteiger partial charge >= 0.3 is 6.09 Å². The Balaban J connectivity index is 1.65. The number of likely N-dealkylation sites (tertiary alicyclic amines) is 1. The van der Waals surface area contributed by atoms with Gasteiger partial charge in [0.25, 0.3) is 0 Å². The fourth-order valence-electron chi connectivity index (χ4n) is 2.90. The van der Waals surface area contributed by atoms with E-state index in [0.29, 0.717) is 12.5 Å². The van der Waals surface area contributed by atoms with Crippen LogP contribution in [0.25, 0.3) is 11.3 Å². The second-order valence-corrected chi connectivity index (χ2v) is 7.12. The number of carbonyl (C=O) groups is 1. The third-order valence-electron chi connectivity index (χ3n) is 3.97. The topological polar surface area (TPSA) is 84.0 Å². The van der Waals surface area contributed by atoms with E-state index in [4.69, 9.17) is 4.74 Å². The number of rotatable bonds is 3. The van der Waals surface area contributed by atoms with Gasteiger partial charge in [-0.3, -0.25) is 15.1 Å². The van der Waals surface area contributed by atoms with E-state index in [1.54, 1.807) is 23.5 Å². The van der Waals surface area contributed by atoms with Gasteiger partial charge in [0.2, 0.25) is 0 Å². The summed E-state index contributed by atoms with van der Waals surface area (Å²) < 4.78 is 5.45. The van der Waals surface area contributed by atoms with E-state index in [1.165, 1.54) is 0 Å². The van der Waals surface area contributed by atoms with E-state index in [-0.39, 0.29) is 6.09 Å². The number of carbonyl (C=O) groups excluding carboxylic acids is 1. The van der Waals surface area contributed by atoms with E-state index >= 15 is 0 Å². The average Bonchev–Trinajstić information content (AvgIpc) is 3.17. The molecule has 0 bridgehead atoms. The van der Waals surface area contributed by atoms with Crippen LogP contribution in [-0.4, -0.2) is 49.8 Å². The Morgan fingerprint density at radius 1 is 1.38 bits per heavy atom. The Morgan fingerprint density at radius 3 is 2.88 bits per heavy atom. The SMILES string of the molecule is CC(C)(C)OC(=O)N1CC[C@H](Cc2nccnc2-c2cn[nH]c2)C1. The maximum Gasteiger partial charge on any atom is 0.410 e. The molecule has 1 aliphatic heterocycles. The highest BCUT2D eigenvalue weighted by atomic mass is 16.6. The maximum absolute atomic E-state index is 12.2. The van der Waals surface area contributed by atoms with E-state index in [0.717, 1.165) is 36.3 Å². The van der Waals surface area contributed by atoms with Crippen LogP contribution in [0.1, 0.15) is 32.9 Å². The van der Waals surface area contributed by atoms with Crippen LogP contribution in [0.5, 0.6) is 0 Å². The lowest BCUT2D eigenvalue weighted by Crippen LogP contribution is -2.35. The van der Waals surface area contributed by atoms with Crippen molar-refractivity contribution < 1.29 is 9.53 Å². The molecule has 0 unspecified atom stereocenters. The summed E-state index contributed by atoms with van der Waals surface area (Å²) in [6, 6.07) is 0. The first-order chi connectivity index (χ1) is 11.4. The number of aromatic amines is 1. The van der Waals surface area contributed by atoms with Crippen molar-refractivity contribution in [1.29, 1.82) is 0 Å². The molecular weight excluding hydrogens is 306 g/mol. The first-order valence-electron chi connectivity index (χ1n) is 8.19. The zero-order chi connectivity index (χ0) is 17.2. The number of hydrogen-bond acceptors (Lipinski definition) is 5. The molecule has 0 spiro atoms. The molecule has 1 fully saturated rings. The summed E-state index contributed by atoms with van der Waals surface area (Å²) in [5.74, 6) is 0.361. The molecule has 7 nitrogen and oxygen atoms in total. The minimum absolute atomic E-state index is 0.237. The van der Waals surface area contributed by atoms with Crippen molar-refractivity contribution in [1.82, 2.24) is 25.1 Å². The highest BCUT2D eigenvalue weighted by Crippen LogP contribution is 2.26. The quantitative estimate of drug-likeness (QED) is 0.936. The zero-order valence-corrected chi connectivity index (χ0v) is 14.3. The van der Waals surface area contributed by atoms with Crippen LogP contribution in [0, 0.1) is 5.92 Å². The molecule has 7 heteroatoms. The molecule has 1 aliphatic rings. The zero-order valence-electron chi connectivity index (χ0n) is 14.3. The first-order valence-corrected chi connectivity index (χ1v) is 8.19. The Labute approximate surface area is 141 Å². The number of aromatic nitrogens is 4. The fourth-order valence-corrected chi connectivity index (χ4v) is 2.90. The van der Waals surface area contributed by atoms with Crippen LogP contribution in [0.3, 0.4) is 0 Å². The van der Waals surface area contributed by atoms with Gasteiger partial charge in [-0.05, 0) is 39.5 Å². The standard InChI is InChI=1S/C17H23N5O2/c1-17(2,3)24-16(23)22-7-4-12(11-22)8-14-15(19-6-5-18-14)13-9-20-21-10-13/h5-6,9-10,12H,4,7-8,11H2,1-3H3,(H,20,21)/t12-/m1/s1. The predicted octanol–water partition coefficient (Wildman–Crippen LogP) is 2.67. The molecule has 0 saturated carbocycles. The fraction of sp³-hybridized carbons (Fsp3) is 0.529. The van der Waals surface area contributed by atoms with Crippen LogP contribution < -0.4 is 0 Å². The van der Waals surface area contributed by atoms with Crippen molar-refractivity contribution in [3.05, 3.63) is 30.5 Å². The molecule has 1 amide bonds. The minimum Gasteiger partial charge on any atom is -0.444 e. The molecule has 24 heavy (non-hydrogen) atoms. The van der Waals surface area contributed by atoms with Crippen LogP contribution >= 0.6 is 0 Å². The number of ether oxygens (including phenoxy) is 1. The third-order valence-corrected chi connectivity index (χ3v) is 3.97. The van der Waals surface area contributed by atoms with Gasteiger partial charge in [-0.1, -0.05) is 0 Å². The largest absolute Gasteiger partial charge is 0.444 e. The number of nitrogens with zero attached hydrogens (tertiary/aromatic N) is 4. The normalized spacial score (nSPS) is 18.0. The number of amides is 1. The Kier molecular flexibility index (Phi) is 4.51. The molecule has 2 aromatic heterocycles. The summed E-state index contributed by atoms with van der Waals surface area (Å²) in [5.41, 5.74) is 2.26. The van der Waals surface area contributed by atoms with Gasteiger partial charge in [-0.2, -0.15) is 5.10 Å². The Hall–Kier alpha value is -2.44. The van der Waals surface area contributed by atoms with Gasteiger partial charge < -0.3 is 9.64 Å². The number of H-pyrrole nitrogens is 1. The van der Waals surface area contributed by atoms with Crippen LogP contribution in [0.4, 0.5) is 4.79 Å². The minimum atomic E-state index is -0.464. The molecular formula is C17H23N5O2. The van der Waals surface area contributed by atoms with Gasteiger partial charge in [-0.25, -0.2) is 4.79 Å². The van der Waals surface area contributed by atoms with Crippen LogP contribution in [0.2, 0.25) is 0 Å². The highest BCUT2D eigenvalue weighted by molar-refractivity contribution is 5.68. The summed E-state index contributed by atoms with van der Waals surface area (Å²) in [5, 5.41) is 6.78. The molecule has 1 N–H and O–H groups in total.